The summed E-state index contributed by atoms with van der Waals surface area (Å²) in [6.45, 7) is 1.47. The van der Waals surface area contributed by atoms with Crippen molar-refractivity contribution in [2.24, 2.45) is 0 Å². The highest BCUT2D eigenvalue weighted by Gasteiger charge is 2.32. The average Bonchev–Trinajstić information content (AvgIpc) is 2.35. The summed E-state index contributed by atoms with van der Waals surface area (Å²) in [6.07, 6.45) is 0.242. The van der Waals surface area contributed by atoms with Crippen LogP contribution < -0.4 is 0 Å². The lowest BCUT2D eigenvalue weighted by molar-refractivity contribution is -0.169. The average molecular weight is 168 g/mol. The van der Waals surface area contributed by atoms with E-state index in [1.54, 1.807) is 0 Å². The number of rotatable bonds is 2. The lowest BCUT2D eigenvalue weighted by atomic mass is 9.83. The second-order valence-corrected chi connectivity index (χ2v) is 2.28. The quantitative estimate of drug-likeness (QED) is 0.427. The molecule has 0 atom stereocenters. The molecule has 63 valence electrons. The fraction of sp³-hybridized carbons (Fsp3) is 0.500. The van der Waals surface area contributed by atoms with Gasteiger partial charge in [-0.2, -0.15) is 0 Å². The number of hydrogen-bond acceptors (Lipinski definition) is 4. The summed E-state index contributed by atoms with van der Waals surface area (Å²) in [7, 11) is 1.14. The first-order chi connectivity index (χ1) is 5.65. The Balaban J connectivity index is 2.56. The molecule has 0 saturated carbocycles. The summed E-state index contributed by atoms with van der Waals surface area (Å²) < 4.78 is 0. The molecule has 1 radical (unpaired) electrons. The van der Waals surface area contributed by atoms with Gasteiger partial charge in [0.05, 0.1) is 0 Å². The van der Waals surface area contributed by atoms with E-state index in [0.29, 0.717) is 5.06 Å². The van der Waals surface area contributed by atoms with E-state index in [2.05, 4.69) is 4.84 Å². The molecule has 0 N–H and O–H groups in total. The molecule has 0 aliphatic carbocycles. The fourth-order valence-corrected chi connectivity index (χ4v) is 0.801. The van der Waals surface area contributed by atoms with Gasteiger partial charge in [0.25, 0.3) is 25.0 Å². The van der Waals surface area contributed by atoms with Crippen molar-refractivity contribution < 1.29 is 19.2 Å². The summed E-state index contributed by atoms with van der Waals surface area (Å²) in [5.74, 6) is -1.62. The van der Waals surface area contributed by atoms with Crippen molar-refractivity contribution in [1.82, 2.24) is 5.06 Å². The van der Waals surface area contributed by atoms with E-state index in [1.165, 1.54) is 6.82 Å². The van der Waals surface area contributed by atoms with Crippen molar-refractivity contribution in [3.05, 3.63) is 0 Å². The topological polar surface area (TPSA) is 63.7 Å². The third-order valence-corrected chi connectivity index (χ3v) is 1.42. The first kappa shape index (κ1) is 8.77. The molecular formula is C6H7BNO4. The number of hydrogen-bond donors (Lipinski definition) is 0. The van der Waals surface area contributed by atoms with Crippen LogP contribution in [0.4, 0.5) is 4.79 Å². The molecule has 1 heterocycles. The number of hydroxylamine groups is 2. The number of amides is 2. The van der Waals surface area contributed by atoms with Crippen LogP contribution in [0.5, 0.6) is 0 Å². The first-order valence-corrected chi connectivity index (χ1v) is 3.52. The highest BCUT2D eigenvalue weighted by atomic mass is 16.7. The number of carbonyl (C=O) groups is 3. The molecular weight excluding hydrogens is 161 g/mol. The van der Waals surface area contributed by atoms with E-state index in [-0.39, 0.29) is 12.8 Å². The highest BCUT2D eigenvalue weighted by Crippen LogP contribution is 2.11. The maximum Gasteiger partial charge on any atom is 0.274 e. The van der Waals surface area contributed by atoms with Crippen LogP contribution in [0.2, 0.25) is 6.82 Å². The normalized spacial score (nSPS) is 16.6. The Hall–Kier alpha value is -1.33. The van der Waals surface area contributed by atoms with Crippen LogP contribution in [0.1, 0.15) is 12.8 Å². The predicted molar refractivity (Wildman–Crippen MR) is 39.2 cm³/mol. The first-order valence-electron chi connectivity index (χ1n) is 3.52. The predicted octanol–water partition coefficient (Wildman–Crippen LogP) is -0.0607. The molecule has 0 aromatic heterocycles. The molecule has 0 unspecified atom stereocenters. The Morgan fingerprint density at radius 2 is 1.92 bits per heavy atom. The maximum absolute atomic E-state index is 10.9. The molecule has 0 aromatic carbocycles. The van der Waals surface area contributed by atoms with Gasteiger partial charge in [-0.25, -0.2) is 0 Å². The van der Waals surface area contributed by atoms with Gasteiger partial charge in [-0.05, 0) is 0 Å². The van der Waals surface area contributed by atoms with E-state index in [1.807, 2.05) is 0 Å². The van der Waals surface area contributed by atoms with Crippen LogP contribution in [0.3, 0.4) is 0 Å². The SMILES string of the molecule is C[B]C(=O)ON1C(=O)CCC1=O. The molecule has 1 aliphatic heterocycles. The van der Waals surface area contributed by atoms with Crippen molar-refractivity contribution in [1.29, 1.82) is 0 Å². The van der Waals surface area contributed by atoms with Crippen molar-refractivity contribution in [3.8, 4) is 0 Å². The smallest absolute Gasteiger partial charge is 0.274 e. The number of imide groups is 1. The van der Waals surface area contributed by atoms with Crippen LogP contribution in [0.25, 0.3) is 0 Å². The van der Waals surface area contributed by atoms with Crippen molar-refractivity contribution in [2.75, 3.05) is 0 Å². The van der Waals surface area contributed by atoms with E-state index in [0.717, 1.165) is 7.28 Å². The monoisotopic (exact) mass is 168 g/mol. The van der Waals surface area contributed by atoms with Crippen molar-refractivity contribution in [2.45, 2.75) is 19.7 Å². The lowest BCUT2D eigenvalue weighted by Gasteiger charge is -2.11. The molecule has 0 spiro atoms. The number of carbonyl (C=O) groups excluding carboxylic acids is 3. The summed E-state index contributed by atoms with van der Waals surface area (Å²) >= 11 is 0. The maximum atomic E-state index is 10.9. The van der Waals surface area contributed by atoms with Gasteiger partial charge in [0.1, 0.15) is 0 Å². The molecule has 2 amide bonds. The Morgan fingerprint density at radius 1 is 1.42 bits per heavy atom. The van der Waals surface area contributed by atoms with E-state index in [9.17, 15) is 14.4 Å². The highest BCUT2D eigenvalue weighted by molar-refractivity contribution is 6.70. The Kier molecular flexibility index (Phi) is 2.47. The molecule has 6 heteroatoms. The van der Waals surface area contributed by atoms with Gasteiger partial charge >= 0.3 is 0 Å². The summed E-state index contributed by atoms with van der Waals surface area (Å²) in [6, 6.07) is 0. The molecule has 1 aliphatic rings. The zero-order chi connectivity index (χ0) is 9.14. The summed E-state index contributed by atoms with van der Waals surface area (Å²) in [5, 5.41) is 0.516. The second kappa shape index (κ2) is 3.38. The Morgan fingerprint density at radius 3 is 2.33 bits per heavy atom. The minimum absolute atomic E-state index is 0.121. The zero-order valence-electron chi connectivity index (χ0n) is 6.57. The second-order valence-electron chi connectivity index (χ2n) is 2.28. The largest absolute Gasteiger partial charge is 0.343 e. The third-order valence-electron chi connectivity index (χ3n) is 1.42. The molecule has 1 fully saturated rings. The van der Waals surface area contributed by atoms with Gasteiger partial charge in [0.2, 0.25) is 0 Å². The van der Waals surface area contributed by atoms with E-state index >= 15 is 0 Å². The molecule has 1 rings (SSSR count). The Labute approximate surface area is 69.9 Å². The van der Waals surface area contributed by atoms with Crippen molar-refractivity contribution >= 4 is 25.0 Å². The zero-order valence-corrected chi connectivity index (χ0v) is 6.57. The van der Waals surface area contributed by atoms with Crippen LogP contribution >= 0.6 is 0 Å². The molecule has 1 saturated heterocycles. The van der Waals surface area contributed by atoms with Crippen LogP contribution in [0.15, 0.2) is 0 Å². The van der Waals surface area contributed by atoms with Gasteiger partial charge in [-0.1, -0.05) is 6.82 Å². The molecule has 0 bridgehead atoms. The van der Waals surface area contributed by atoms with Gasteiger partial charge in [0, 0.05) is 12.8 Å². The standard InChI is InChI=1S/C6H7BNO4/c1-7-6(11)12-8-4(9)2-3-5(8)10/h2-3H2,1H3. The minimum atomic E-state index is -0.696. The summed E-state index contributed by atoms with van der Waals surface area (Å²) in [4.78, 5) is 36.8. The van der Waals surface area contributed by atoms with Gasteiger partial charge in [0.15, 0.2) is 0 Å². The van der Waals surface area contributed by atoms with Crippen molar-refractivity contribution in [3.63, 3.8) is 0 Å². The minimum Gasteiger partial charge on any atom is -0.343 e. The van der Waals surface area contributed by atoms with E-state index < -0.39 is 17.7 Å². The molecule has 0 aromatic rings. The summed E-state index contributed by atoms with van der Waals surface area (Å²) in [5.41, 5.74) is 0. The lowest BCUT2D eigenvalue weighted by Crippen LogP contribution is -2.32. The van der Waals surface area contributed by atoms with Crippen LogP contribution in [-0.2, 0) is 14.4 Å². The van der Waals surface area contributed by atoms with Gasteiger partial charge in [-0.3, -0.25) is 14.4 Å². The Bertz CT molecular complexity index is 224. The third kappa shape index (κ3) is 1.64. The molecule has 5 nitrogen and oxygen atoms in total. The van der Waals surface area contributed by atoms with E-state index in [4.69, 9.17) is 0 Å². The van der Waals surface area contributed by atoms with Gasteiger partial charge in [-0.15, -0.1) is 5.06 Å². The fourth-order valence-electron chi connectivity index (χ4n) is 0.801. The van der Waals surface area contributed by atoms with Gasteiger partial charge < -0.3 is 4.84 Å². The van der Waals surface area contributed by atoms with Crippen LogP contribution in [-0.4, -0.2) is 30.0 Å². The number of nitrogens with zero attached hydrogens (tertiary/aromatic N) is 1. The molecule has 12 heavy (non-hydrogen) atoms. The van der Waals surface area contributed by atoms with Crippen LogP contribution in [0, 0.1) is 0 Å².